The molecule has 0 N–H and O–H groups in total. The molecule has 1 heterocycles. The molecule has 0 spiro atoms. The summed E-state index contributed by atoms with van der Waals surface area (Å²) in [4.78, 5) is 28.6. The molecule has 0 radical (unpaired) electrons. The number of likely N-dealkylation sites (tertiary alicyclic amines) is 1. The number of rotatable bonds is 5. The average molecular weight is 563 g/mol. The molecule has 2 aromatic carbocycles. The predicted octanol–water partition coefficient (Wildman–Crippen LogP) is 7.30. The van der Waals surface area contributed by atoms with Crippen molar-refractivity contribution in [1.82, 2.24) is 9.80 Å². The van der Waals surface area contributed by atoms with E-state index in [9.17, 15) is 40.3 Å². The van der Waals surface area contributed by atoms with Gasteiger partial charge >= 0.3 is 24.4 Å². The van der Waals surface area contributed by atoms with Crippen LogP contribution in [0.25, 0.3) is 0 Å². The molecule has 3 rings (SSSR count). The molecule has 2 amide bonds. The van der Waals surface area contributed by atoms with Gasteiger partial charge in [-0.1, -0.05) is 6.07 Å². The van der Waals surface area contributed by atoms with Crippen LogP contribution in [0.3, 0.4) is 0 Å². The number of carbonyl (C=O) groups is 2. The fourth-order valence-electron chi connectivity index (χ4n) is 4.79. The Morgan fingerprint density at radius 3 is 2.15 bits per heavy atom. The number of alkyl halides is 6. The molecule has 1 fully saturated rings. The second-order valence-corrected chi connectivity index (χ2v) is 9.59. The fraction of sp³-hybridized carbons (Fsp3) is 0.481. The van der Waals surface area contributed by atoms with Crippen LogP contribution >= 0.6 is 0 Å². The van der Waals surface area contributed by atoms with E-state index in [1.54, 1.807) is 13.8 Å². The molecule has 3 atom stereocenters. The Labute approximate surface area is 221 Å². The molecule has 214 valence electrons. The number of benzene rings is 2. The van der Waals surface area contributed by atoms with Gasteiger partial charge in [0.05, 0.1) is 35.7 Å². The molecule has 1 aliphatic heterocycles. The van der Waals surface area contributed by atoms with Gasteiger partial charge in [0.2, 0.25) is 0 Å². The van der Waals surface area contributed by atoms with Gasteiger partial charge in [0.1, 0.15) is 5.82 Å². The molecule has 1 aliphatic rings. The predicted molar refractivity (Wildman–Crippen MR) is 128 cm³/mol. The van der Waals surface area contributed by atoms with Crippen LogP contribution in [-0.4, -0.2) is 42.0 Å². The minimum absolute atomic E-state index is 0.0333. The number of halogens is 7. The van der Waals surface area contributed by atoms with Crippen molar-refractivity contribution in [2.24, 2.45) is 5.92 Å². The van der Waals surface area contributed by atoms with E-state index in [2.05, 4.69) is 0 Å². The van der Waals surface area contributed by atoms with E-state index in [4.69, 9.17) is 4.74 Å². The fourth-order valence-corrected chi connectivity index (χ4v) is 4.79. The lowest BCUT2D eigenvalue weighted by Gasteiger charge is -2.42. The van der Waals surface area contributed by atoms with E-state index in [0.29, 0.717) is 23.3 Å². The number of nitrogens with zero attached hydrogens (tertiary/aromatic N) is 2. The summed E-state index contributed by atoms with van der Waals surface area (Å²) in [7, 11) is 1.28. The molecule has 0 saturated carbocycles. The molecule has 0 unspecified atom stereocenters. The molecule has 0 aromatic heterocycles. The van der Waals surface area contributed by atoms with Gasteiger partial charge in [-0.3, -0.25) is 4.79 Å². The van der Waals surface area contributed by atoms with Gasteiger partial charge < -0.3 is 14.5 Å². The van der Waals surface area contributed by atoms with E-state index in [1.807, 2.05) is 0 Å². The van der Waals surface area contributed by atoms with Gasteiger partial charge in [0.25, 0.3) is 0 Å². The first-order valence-electron chi connectivity index (χ1n) is 12.3. The zero-order valence-electron chi connectivity index (χ0n) is 21.8. The molecular formula is C27H29F7N2O3. The van der Waals surface area contributed by atoms with Crippen molar-refractivity contribution in [1.29, 1.82) is 0 Å². The van der Waals surface area contributed by atoms with Crippen LogP contribution in [0.1, 0.15) is 66.6 Å². The Balaban J connectivity index is 1.97. The summed E-state index contributed by atoms with van der Waals surface area (Å²) in [6.07, 6.45) is -9.66. The molecule has 2 aromatic rings. The maximum Gasteiger partial charge on any atom is 0.416 e. The first-order valence-corrected chi connectivity index (χ1v) is 12.3. The highest BCUT2D eigenvalue weighted by atomic mass is 19.4. The standard InChI is InChI=1S/C27H29F7N2O3/c1-5-39-24(37)17-8-9-36(23(13-17)22-7-6-21(28)10-15(22)2)25(38)35(4)16(3)18-11-19(26(29,30)31)14-20(12-18)27(32,33)34/h6-7,10-12,14,16-17,23H,5,8-9,13H2,1-4H3/t16-,17+,23-/m0/s1. The smallest absolute Gasteiger partial charge is 0.416 e. The highest BCUT2D eigenvalue weighted by molar-refractivity contribution is 5.77. The van der Waals surface area contributed by atoms with Gasteiger partial charge in [-0.15, -0.1) is 0 Å². The quantitative estimate of drug-likeness (QED) is 0.284. The summed E-state index contributed by atoms with van der Waals surface area (Å²) < 4.78 is 99.3. The number of hydrogen-bond donors (Lipinski definition) is 0. The van der Waals surface area contributed by atoms with E-state index >= 15 is 0 Å². The van der Waals surface area contributed by atoms with E-state index in [1.165, 1.54) is 37.1 Å². The molecule has 0 bridgehead atoms. The number of esters is 1. The number of amides is 2. The number of carbonyl (C=O) groups excluding carboxylic acids is 2. The van der Waals surface area contributed by atoms with Gasteiger partial charge in [0.15, 0.2) is 0 Å². The summed E-state index contributed by atoms with van der Waals surface area (Å²) in [5.41, 5.74) is -2.21. The molecule has 1 saturated heterocycles. The summed E-state index contributed by atoms with van der Waals surface area (Å²) in [5, 5.41) is 0. The van der Waals surface area contributed by atoms with Crippen LogP contribution in [0.15, 0.2) is 36.4 Å². The topological polar surface area (TPSA) is 49.9 Å². The van der Waals surface area contributed by atoms with E-state index in [0.717, 1.165) is 4.90 Å². The second kappa shape index (κ2) is 11.4. The van der Waals surface area contributed by atoms with Crippen molar-refractivity contribution in [2.75, 3.05) is 20.2 Å². The Morgan fingerprint density at radius 2 is 1.64 bits per heavy atom. The molecule has 0 aliphatic carbocycles. The van der Waals surface area contributed by atoms with Crippen LogP contribution in [0.4, 0.5) is 35.5 Å². The largest absolute Gasteiger partial charge is 0.466 e. The molecular weight excluding hydrogens is 533 g/mol. The minimum Gasteiger partial charge on any atom is -0.466 e. The molecule has 39 heavy (non-hydrogen) atoms. The molecule has 12 heteroatoms. The van der Waals surface area contributed by atoms with Crippen molar-refractivity contribution in [2.45, 2.75) is 58.0 Å². The summed E-state index contributed by atoms with van der Waals surface area (Å²) in [6.45, 7) is 4.86. The summed E-state index contributed by atoms with van der Waals surface area (Å²) >= 11 is 0. The summed E-state index contributed by atoms with van der Waals surface area (Å²) in [6, 6.07) is 2.68. The van der Waals surface area contributed by atoms with E-state index in [-0.39, 0.29) is 37.6 Å². The lowest BCUT2D eigenvalue weighted by Crippen LogP contribution is -2.48. The van der Waals surface area contributed by atoms with Crippen molar-refractivity contribution >= 4 is 12.0 Å². The van der Waals surface area contributed by atoms with Gasteiger partial charge in [-0.05, 0) is 80.6 Å². The highest BCUT2D eigenvalue weighted by Gasteiger charge is 2.40. The first kappa shape index (κ1) is 30.2. The van der Waals surface area contributed by atoms with Gasteiger partial charge in [0, 0.05) is 13.6 Å². The van der Waals surface area contributed by atoms with Crippen LogP contribution in [-0.2, 0) is 21.9 Å². The SMILES string of the molecule is CCOC(=O)[C@@H]1CCN(C(=O)N(C)[C@@H](C)c2cc(C(F)(F)F)cc(C(F)(F)F)c2)[C@H](c2ccc(F)cc2C)C1. The Bertz CT molecular complexity index is 1180. The zero-order valence-corrected chi connectivity index (χ0v) is 21.8. The van der Waals surface area contributed by atoms with Crippen LogP contribution in [0, 0.1) is 18.7 Å². The third kappa shape index (κ3) is 6.83. The van der Waals surface area contributed by atoms with Crippen LogP contribution in [0.2, 0.25) is 0 Å². The van der Waals surface area contributed by atoms with E-state index < -0.39 is 59.3 Å². The average Bonchev–Trinajstić information content (AvgIpc) is 2.86. The molecule has 5 nitrogen and oxygen atoms in total. The van der Waals surface area contributed by atoms with Crippen molar-refractivity contribution in [3.63, 3.8) is 0 Å². The third-order valence-electron chi connectivity index (χ3n) is 7.03. The number of urea groups is 1. The number of hydrogen-bond acceptors (Lipinski definition) is 3. The zero-order chi connectivity index (χ0) is 29.3. The number of aryl methyl sites for hydroxylation is 1. The number of piperidine rings is 1. The maximum atomic E-state index is 13.8. The highest BCUT2D eigenvalue weighted by Crippen LogP contribution is 2.40. The van der Waals surface area contributed by atoms with Crippen molar-refractivity contribution in [3.05, 3.63) is 70.0 Å². The van der Waals surface area contributed by atoms with Crippen molar-refractivity contribution < 1.29 is 45.1 Å². The Morgan fingerprint density at radius 1 is 1.05 bits per heavy atom. The van der Waals surface area contributed by atoms with Gasteiger partial charge in [-0.2, -0.15) is 26.3 Å². The van der Waals surface area contributed by atoms with Gasteiger partial charge in [-0.25, -0.2) is 9.18 Å². The Kier molecular flexibility index (Phi) is 8.86. The van der Waals surface area contributed by atoms with Crippen LogP contribution in [0.5, 0.6) is 0 Å². The monoisotopic (exact) mass is 562 g/mol. The first-order chi connectivity index (χ1) is 18.0. The number of ether oxygens (including phenoxy) is 1. The summed E-state index contributed by atoms with van der Waals surface area (Å²) in [5.74, 6) is -1.49. The lowest BCUT2D eigenvalue weighted by molar-refractivity contribution is -0.150. The Hall–Kier alpha value is -3.31. The normalized spacial score (nSPS) is 19.0. The van der Waals surface area contributed by atoms with Crippen LogP contribution < -0.4 is 0 Å². The van der Waals surface area contributed by atoms with Crippen molar-refractivity contribution in [3.8, 4) is 0 Å². The third-order valence-corrected chi connectivity index (χ3v) is 7.03. The lowest BCUT2D eigenvalue weighted by atomic mass is 9.85. The second-order valence-electron chi connectivity index (χ2n) is 9.59. The minimum atomic E-state index is -5.03. The maximum absolute atomic E-state index is 13.8.